The van der Waals surface area contributed by atoms with Crippen molar-refractivity contribution in [2.24, 2.45) is 11.8 Å². The molecular weight excluding hydrogens is 392 g/mol. The zero-order valence-corrected chi connectivity index (χ0v) is 17.9. The molecule has 1 heterocycles. The Kier molecular flexibility index (Phi) is 6.68. The van der Waals surface area contributed by atoms with Crippen LogP contribution in [0.1, 0.15) is 37.6 Å². The van der Waals surface area contributed by atoms with Crippen molar-refractivity contribution in [1.29, 1.82) is 0 Å². The van der Waals surface area contributed by atoms with E-state index in [-0.39, 0.29) is 11.8 Å². The van der Waals surface area contributed by atoms with E-state index in [2.05, 4.69) is 19.2 Å². The van der Waals surface area contributed by atoms with Gasteiger partial charge in [0.2, 0.25) is 5.91 Å². The Balaban J connectivity index is 1.86. The molecule has 0 saturated carbocycles. The van der Waals surface area contributed by atoms with Crippen LogP contribution in [0.4, 0.5) is 5.69 Å². The highest BCUT2D eigenvalue weighted by atomic mass is 35.5. The number of nitrogens with zero attached hydrogens (tertiary/aromatic N) is 1. The van der Waals surface area contributed by atoms with Crippen LogP contribution in [-0.2, 0) is 4.79 Å². The summed E-state index contributed by atoms with van der Waals surface area (Å²) >= 11 is 7.48. The Labute approximate surface area is 175 Å². The van der Waals surface area contributed by atoms with E-state index in [0.29, 0.717) is 28.1 Å². The molecule has 0 aliphatic carbocycles. The van der Waals surface area contributed by atoms with Crippen molar-refractivity contribution < 1.29 is 9.59 Å². The smallest absolute Gasteiger partial charge is 0.253 e. The van der Waals surface area contributed by atoms with E-state index < -0.39 is 0 Å². The third-order valence-electron chi connectivity index (χ3n) is 4.73. The minimum Gasteiger partial charge on any atom is -0.338 e. The number of anilines is 1. The van der Waals surface area contributed by atoms with Crippen molar-refractivity contribution in [3.05, 3.63) is 53.1 Å². The second-order valence-corrected chi connectivity index (χ2v) is 9.16. The fourth-order valence-electron chi connectivity index (χ4n) is 3.68. The van der Waals surface area contributed by atoms with Crippen LogP contribution in [0.25, 0.3) is 0 Å². The molecule has 1 N–H and O–H groups in total. The lowest BCUT2D eigenvalue weighted by Crippen LogP contribution is -2.42. The second kappa shape index (κ2) is 9.01. The lowest BCUT2D eigenvalue weighted by atomic mass is 9.91. The fraction of sp³-hybridized carbons (Fsp3) is 0.364. The van der Waals surface area contributed by atoms with Crippen LogP contribution in [0.15, 0.2) is 52.3 Å². The zero-order valence-electron chi connectivity index (χ0n) is 16.4. The van der Waals surface area contributed by atoms with Crippen molar-refractivity contribution in [3.8, 4) is 0 Å². The maximum Gasteiger partial charge on any atom is 0.253 e. The summed E-state index contributed by atoms with van der Waals surface area (Å²) in [6.07, 6.45) is 1.15. The highest BCUT2D eigenvalue weighted by molar-refractivity contribution is 7.99. The van der Waals surface area contributed by atoms with Gasteiger partial charge in [-0.25, -0.2) is 0 Å². The first-order valence-corrected chi connectivity index (χ1v) is 10.7. The molecule has 1 fully saturated rings. The molecule has 1 aliphatic heterocycles. The van der Waals surface area contributed by atoms with Crippen LogP contribution in [0.2, 0.25) is 5.02 Å². The number of piperidine rings is 1. The highest BCUT2D eigenvalue weighted by Crippen LogP contribution is 2.35. The first-order valence-electron chi connectivity index (χ1n) is 9.46. The number of carbonyl (C=O) groups excluding carboxylic acids is 2. The molecule has 1 saturated heterocycles. The largest absolute Gasteiger partial charge is 0.338 e. The number of amides is 2. The molecule has 0 spiro atoms. The fourth-order valence-corrected chi connectivity index (χ4v) is 4.69. The number of likely N-dealkylation sites (tertiary alicyclic amines) is 1. The topological polar surface area (TPSA) is 49.4 Å². The van der Waals surface area contributed by atoms with Crippen molar-refractivity contribution in [2.75, 3.05) is 18.4 Å². The van der Waals surface area contributed by atoms with Crippen LogP contribution in [0, 0.1) is 11.8 Å². The summed E-state index contributed by atoms with van der Waals surface area (Å²) in [5.74, 6) is 0.861. The van der Waals surface area contributed by atoms with Crippen LogP contribution < -0.4 is 5.32 Å². The minimum absolute atomic E-state index is 0.0213. The third kappa shape index (κ3) is 5.30. The van der Waals surface area contributed by atoms with E-state index in [0.717, 1.165) is 29.3 Å². The van der Waals surface area contributed by atoms with E-state index in [1.807, 2.05) is 41.3 Å². The molecule has 0 radical (unpaired) electrons. The highest BCUT2D eigenvalue weighted by Gasteiger charge is 2.26. The Hall–Kier alpha value is -1.98. The van der Waals surface area contributed by atoms with Gasteiger partial charge in [-0.15, -0.1) is 0 Å². The van der Waals surface area contributed by atoms with Gasteiger partial charge in [0.25, 0.3) is 5.91 Å². The first kappa shape index (κ1) is 20.7. The number of nitrogens with one attached hydrogen (secondary N) is 1. The van der Waals surface area contributed by atoms with Gasteiger partial charge in [-0.05, 0) is 60.7 Å². The Morgan fingerprint density at radius 3 is 2.32 bits per heavy atom. The molecule has 2 atom stereocenters. The van der Waals surface area contributed by atoms with Gasteiger partial charge in [0, 0.05) is 40.4 Å². The van der Waals surface area contributed by atoms with Crippen molar-refractivity contribution in [2.45, 2.75) is 37.0 Å². The molecule has 0 bridgehead atoms. The van der Waals surface area contributed by atoms with E-state index in [9.17, 15) is 9.59 Å². The molecule has 2 amide bonds. The predicted molar refractivity (Wildman–Crippen MR) is 115 cm³/mol. The average Bonchev–Trinajstić information content (AvgIpc) is 2.63. The molecule has 4 nitrogen and oxygen atoms in total. The maximum absolute atomic E-state index is 13.0. The summed E-state index contributed by atoms with van der Waals surface area (Å²) in [7, 11) is 0. The van der Waals surface area contributed by atoms with E-state index in [4.69, 9.17) is 11.6 Å². The number of carbonyl (C=O) groups is 2. The number of hydrogen-bond donors (Lipinski definition) is 1. The van der Waals surface area contributed by atoms with Gasteiger partial charge in [-0.2, -0.15) is 0 Å². The molecule has 6 heteroatoms. The number of rotatable bonds is 4. The predicted octanol–water partition coefficient (Wildman–Crippen LogP) is 5.57. The monoisotopic (exact) mass is 416 g/mol. The van der Waals surface area contributed by atoms with Crippen LogP contribution in [0.5, 0.6) is 0 Å². The molecule has 0 aromatic heterocycles. The maximum atomic E-state index is 13.0. The van der Waals surface area contributed by atoms with E-state index in [1.165, 1.54) is 18.7 Å². The van der Waals surface area contributed by atoms with Gasteiger partial charge in [0.05, 0.1) is 5.69 Å². The SMILES string of the molecule is CC(=O)Nc1cc(C(=O)N2C[C@@H](C)C[C@H](C)C2)ccc1Sc1ccc(Cl)cc1. The van der Waals surface area contributed by atoms with Crippen LogP contribution in [-0.4, -0.2) is 29.8 Å². The third-order valence-corrected chi connectivity index (χ3v) is 6.07. The van der Waals surface area contributed by atoms with Crippen LogP contribution >= 0.6 is 23.4 Å². The number of benzene rings is 2. The van der Waals surface area contributed by atoms with Gasteiger partial charge < -0.3 is 10.2 Å². The summed E-state index contributed by atoms with van der Waals surface area (Å²) in [5.41, 5.74) is 1.25. The standard InChI is InChI=1S/C22H25ClN2O2S/c1-14-10-15(2)13-25(12-14)22(27)17-4-9-21(20(11-17)24-16(3)26)28-19-7-5-18(23)6-8-19/h4-9,11,14-15H,10,12-13H2,1-3H3,(H,24,26)/t14-,15-/m0/s1. The summed E-state index contributed by atoms with van der Waals surface area (Å²) in [6.45, 7) is 7.40. The molecule has 2 aromatic carbocycles. The summed E-state index contributed by atoms with van der Waals surface area (Å²) in [5, 5.41) is 3.54. The van der Waals surface area contributed by atoms with Gasteiger partial charge in [-0.3, -0.25) is 9.59 Å². The molecule has 28 heavy (non-hydrogen) atoms. The first-order chi connectivity index (χ1) is 13.3. The molecule has 0 unspecified atom stereocenters. The Morgan fingerprint density at radius 1 is 1.07 bits per heavy atom. The normalized spacial score (nSPS) is 19.4. The van der Waals surface area contributed by atoms with E-state index in [1.54, 1.807) is 6.07 Å². The number of halogens is 1. The van der Waals surface area contributed by atoms with Gasteiger partial charge in [0.15, 0.2) is 0 Å². The Bertz CT molecular complexity index is 859. The summed E-state index contributed by atoms with van der Waals surface area (Å²) < 4.78 is 0. The minimum atomic E-state index is -0.164. The molecule has 3 rings (SSSR count). The average molecular weight is 417 g/mol. The van der Waals surface area contributed by atoms with Crippen LogP contribution in [0.3, 0.4) is 0 Å². The molecule has 1 aliphatic rings. The lowest BCUT2D eigenvalue weighted by molar-refractivity contribution is -0.114. The lowest BCUT2D eigenvalue weighted by Gasteiger charge is -2.35. The van der Waals surface area contributed by atoms with Crippen molar-refractivity contribution in [3.63, 3.8) is 0 Å². The zero-order chi connectivity index (χ0) is 20.3. The quantitative estimate of drug-likeness (QED) is 0.708. The molecular formula is C22H25ClN2O2S. The van der Waals surface area contributed by atoms with Gasteiger partial charge in [0.1, 0.15) is 0 Å². The van der Waals surface area contributed by atoms with Crippen molar-refractivity contribution in [1.82, 2.24) is 4.90 Å². The van der Waals surface area contributed by atoms with E-state index >= 15 is 0 Å². The van der Waals surface area contributed by atoms with Crippen molar-refractivity contribution >= 4 is 40.9 Å². The van der Waals surface area contributed by atoms with Gasteiger partial charge >= 0.3 is 0 Å². The second-order valence-electron chi connectivity index (χ2n) is 7.60. The molecule has 2 aromatic rings. The Morgan fingerprint density at radius 2 is 1.71 bits per heavy atom. The number of hydrogen-bond acceptors (Lipinski definition) is 3. The summed E-state index contributed by atoms with van der Waals surface area (Å²) in [4.78, 5) is 28.5. The summed E-state index contributed by atoms with van der Waals surface area (Å²) in [6, 6.07) is 13.0. The van der Waals surface area contributed by atoms with Gasteiger partial charge in [-0.1, -0.05) is 37.2 Å². The molecule has 148 valence electrons.